The summed E-state index contributed by atoms with van der Waals surface area (Å²) < 4.78 is 11.2. The van der Waals surface area contributed by atoms with Gasteiger partial charge in [0, 0.05) is 18.5 Å². The van der Waals surface area contributed by atoms with Gasteiger partial charge in [0.2, 0.25) is 0 Å². The molecule has 0 fully saturated rings. The Bertz CT molecular complexity index is 670. The van der Waals surface area contributed by atoms with E-state index in [1.165, 1.54) is 4.90 Å². The van der Waals surface area contributed by atoms with Crippen molar-refractivity contribution in [3.05, 3.63) is 54.1 Å². The molecule has 25 heavy (non-hydrogen) atoms. The van der Waals surface area contributed by atoms with Crippen LogP contribution in [0, 0.1) is 0 Å². The summed E-state index contributed by atoms with van der Waals surface area (Å²) >= 11 is 1.67. The van der Waals surface area contributed by atoms with Crippen LogP contribution < -0.4 is 9.47 Å². The largest absolute Gasteiger partial charge is 0.494 e. The minimum absolute atomic E-state index is 0.0529. The lowest BCUT2D eigenvalue weighted by Crippen LogP contribution is -2.37. The number of rotatable bonds is 8. The van der Waals surface area contributed by atoms with Gasteiger partial charge in [-0.1, -0.05) is 12.1 Å². The van der Waals surface area contributed by atoms with Crippen LogP contribution in [0.2, 0.25) is 0 Å². The molecule has 1 atom stereocenters. The SMILES string of the molecule is CCOc1ccc(CN(C)C(=O)C(C)Oc2ccc(SC)cc2)cc1. The average molecular weight is 359 g/mol. The number of carbonyl (C=O) groups excluding carboxylic acids is 1. The summed E-state index contributed by atoms with van der Waals surface area (Å²) in [7, 11) is 1.79. The lowest BCUT2D eigenvalue weighted by Gasteiger charge is -2.22. The Morgan fingerprint density at radius 2 is 1.68 bits per heavy atom. The quantitative estimate of drug-likeness (QED) is 0.661. The van der Waals surface area contributed by atoms with Gasteiger partial charge < -0.3 is 14.4 Å². The van der Waals surface area contributed by atoms with Crippen LogP contribution >= 0.6 is 11.8 Å². The fraction of sp³-hybridized carbons (Fsp3) is 0.350. The van der Waals surface area contributed by atoms with E-state index in [0.29, 0.717) is 18.9 Å². The van der Waals surface area contributed by atoms with E-state index in [2.05, 4.69) is 0 Å². The van der Waals surface area contributed by atoms with Gasteiger partial charge in [-0.05, 0) is 62.1 Å². The number of nitrogens with zero attached hydrogens (tertiary/aromatic N) is 1. The van der Waals surface area contributed by atoms with Gasteiger partial charge in [0.15, 0.2) is 6.10 Å². The second kappa shape index (κ2) is 9.37. The number of ether oxygens (including phenoxy) is 2. The van der Waals surface area contributed by atoms with Crippen LogP contribution in [0.3, 0.4) is 0 Å². The maximum Gasteiger partial charge on any atom is 0.263 e. The van der Waals surface area contributed by atoms with Gasteiger partial charge in [-0.3, -0.25) is 4.79 Å². The molecule has 0 aliphatic carbocycles. The van der Waals surface area contributed by atoms with Crippen molar-refractivity contribution in [2.75, 3.05) is 19.9 Å². The summed E-state index contributed by atoms with van der Waals surface area (Å²) in [5.41, 5.74) is 1.05. The van der Waals surface area contributed by atoms with Crippen LogP contribution in [0.5, 0.6) is 11.5 Å². The van der Waals surface area contributed by atoms with Crippen LogP contribution in [0.1, 0.15) is 19.4 Å². The van der Waals surface area contributed by atoms with Crippen LogP contribution in [0.4, 0.5) is 0 Å². The molecule has 2 aromatic rings. The fourth-order valence-corrected chi connectivity index (χ4v) is 2.84. The first-order valence-electron chi connectivity index (χ1n) is 8.31. The van der Waals surface area contributed by atoms with Gasteiger partial charge in [-0.15, -0.1) is 11.8 Å². The lowest BCUT2D eigenvalue weighted by atomic mass is 10.2. The van der Waals surface area contributed by atoms with E-state index < -0.39 is 6.10 Å². The van der Waals surface area contributed by atoms with Gasteiger partial charge in [0.25, 0.3) is 5.91 Å². The molecule has 0 heterocycles. The number of carbonyl (C=O) groups is 1. The molecular formula is C20H25NO3S. The highest BCUT2D eigenvalue weighted by atomic mass is 32.2. The highest BCUT2D eigenvalue weighted by Crippen LogP contribution is 2.20. The zero-order valence-electron chi connectivity index (χ0n) is 15.2. The summed E-state index contributed by atoms with van der Waals surface area (Å²) in [5.74, 6) is 1.49. The Hall–Kier alpha value is -2.14. The van der Waals surface area contributed by atoms with Crippen molar-refractivity contribution in [1.82, 2.24) is 4.90 Å². The maximum atomic E-state index is 12.5. The molecule has 0 aliphatic rings. The van der Waals surface area contributed by atoms with Gasteiger partial charge >= 0.3 is 0 Å². The molecule has 0 aliphatic heterocycles. The Morgan fingerprint density at radius 3 is 2.24 bits per heavy atom. The fourth-order valence-electron chi connectivity index (χ4n) is 2.43. The van der Waals surface area contributed by atoms with Gasteiger partial charge in [-0.2, -0.15) is 0 Å². The van der Waals surface area contributed by atoms with Gasteiger partial charge in [-0.25, -0.2) is 0 Å². The first-order chi connectivity index (χ1) is 12.0. The molecule has 134 valence electrons. The lowest BCUT2D eigenvalue weighted by molar-refractivity contribution is -0.137. The van der Waals surface area contributed by atoms with Crippen molar-refractivity contribution >= 4 is 17.7 Å². The van der Waals surface area contributed by atoms with Crippen molar-refractivity contribution < 1.29 is 14.3 Å². The molecule has 1 amide bonds. The van der Waals surface area contributed by atoms with E-state index in [0.717, 1.165) is 11.3 Å². The zero-order valence-corrected chi connectivity index (χ0v) is 16.0. The Morgan fingerprint density at radius 1 is 1.08 bits per heavy atom. The predicted octanol–water partition coefficient (Wildman–Crippen LogP) is 4.23. The maximum absolute atomic E-state index is 12.5. The molecule has 0 N–H and O–H groups in total. The molecule has 0 spiro atoms. The summed E-state index contributed by atoms with van der Waals surface area (Å²) in [6.45, 7) is 4.91. The molecule has 4 nitrogen and oxygen atoms in total. The molecule has 1 unspecified atom stereocenters. The average Bonchev–Trinajstić information content (AvgIpc) is 2.63. The summed E-state index contributed by atoms with van der Waals surface area (Å²) in [5, 5.41) is 0. The minimum Gasteiger partial charge on any atom is -0.494 e. The van der Waals surface area contributed by atoms with E-state index in [4.69, 9.17) is 9.47 Å². The van der Waals surface area contributed by atoms with E-state index in [1.807, 2.05) is 61.7 Å². The molecule has 0 saturated carbocycles. The zero-order chi connectivity index (χ0) is 18.2. The Balaban J connectivity index is 1.91. The smallest absolute Gasteiger partial charge is 0.263 e. The van der Waals surface area contributed by atoms with E-state index in [-0.39, 0.29) is 5.91 Å². The molecule has 2 rings (SSSR count). The second-order valence-electron chi connectivity index (χ2n) is 5.71. The van der Waals surface area contributed by atoms with E-state index in [9.17, 15) is 4.79 Å². The summed E-state index contributed by atoms with van der Waals surface area (Å²) in [4.78, 5) is 15.4. The number of amides is 1. The second-order valence-corrected chi connectivity index (χ2v) is 6.59. The Labute approximate surface area is 154 Å². The third-order valence-corrected chi connectivity index (χ3v) is 4.49. The first-order valence-corrected chi connectivity index (χ1v) is 9.53. The van der Waals surface area contributed by atoms with Crippen LogP contribution in [0.25, 0.3) is 0 Å². The molecule has 0 saturated heterocycles. The Kier molecular flexibility index (Phi) is 7.19. The molecule has 0 aromatic heterocycles. The van der Waals surface area contributed by atoms with Gasteiger partial charge in [0.05, 0.1) is 6.61 Å². The van der Waals surface area contributed by atoms with Crippen LogP contribution in [0.15, 0.2) is 53.4 Å². The number of hydrogen-bond donors (Lipinski definition) is 0. The highest BCUT2D eigenvalue weighted by molar-refractivity contribution is 7.98. The van der Waals surface area contributed by atoms with Crippen molar-refractivity contribution in [3.63, 3.8) is 0 Å². The number of benzene rings is 2. The molecular weight excluding hydrogens is 334 g/mol. The van der Waals surface area contributed by atoms with Crippen molar-refractivity contribution in [3.8, 4) is 11.5 Å². The van der Waals surface area contributed by atoms with Crippen molar-refractivity contribution in [1.29, 1.82) is 0 Å². The molecule has 0 bridgehead atoms. The molecule has 2 aromatic carbocycles. The van der Waals surface area contributed by atoms with Gasteiger partial charge in [0.1, 0.15) is 11.5 Å². The van der Waals surface area contributed by atoms with E-state index in [1.54, 1.807) is 30.6 Å². The monoisotopic (exact) mass is 359 g/mol. The van der Waals surface area contributed by atoms with E-state index >= 15 is 0 Å². The summed E-state index contributed by atoms with van der Waals surface area (Å²) in [6, 6.07) is 15.5. The number of likely N-dealkylation sites (N-methyl/N-ethyl adjacent to an activating group) is 1. The van der Waals surface area contributed by atoms with Crippen LogP contribution in [-0.4, -0.2) is 36.8 Å². The standard InChI is InChI=1S/C20H25NO3S/c1-5-23-17-8-6-16(7-9-17)14-21(3)20(22)15(2)24-18-10-12-19(25-4)13-11-18/h6-13,15H,5,14H2,1-4H3. The minimum atomic E-state index is -0.534. The summed E-state index contributed by atoms with van der Waals surface area (Å²) in [6.07, 6.45) is 1.49. The molecule has 5 heteroatoms. The highest BCUT2D eigenvalue weighted by Gasteiger charge is 2.19. The normalized spacial score (nSPS) is 11.7. The molecule has 0 radical (unpaired) electrons. The topological polar surface area (TPSA) is 38.8 Å². The van der Waals surface area contributed by atoms with Crippen molar-refractivity contribution in [2.45, 2.75) is 31.4 Å². The first kappa shape index (κ1) is 19.2. The number of thioether (sulfide) groups is 1. The van der Waals surface area contributed by atoms with Crippen LogP contribution in [-0.2, 0) is 11.3 Å². The third kappa shape index (κ3) is 5.71. The predicted molar refractivity (Wildman–Crippen MR) is 102 cm³/mol. The number of hydrogen-bond acceptors (Lipinski definition) is 4. The third-order valence-electron chi connectivity index (χ3n) is 3.75. The van der Waals surface area contributed by atoms with Crippen molar-refractivity contribution in [2.24, 2.45) is 0 Å².